The largest absolute Gasteiger partial charge is 0.598 e. The highest BCUT2D eigenvalue weighted by Gasteiger charge is 2.28. The van der Waals surface area contributed by atoms with Gasteiger partial charge in [-0.3, -0.25) is 0 Å². The van der Waals surface area contributed by atoms with Gasteiger partial charge in [-0.15, -0.1) is 4.72 Å². The summed E-state index contributed by atoms with van der Waals surface area (Å²) in [7, 11) is 0. The lowest BCUT2D eigenvalue weighted by Crippen LogP contribution is -2.40. The number of halogens is 1. The molecule has 0 saturated heterocycles. The van der Waals surface area contributed by atoms with Gasteiger partial charge in [0.15, 0.2) is 0 Å². The molecule has 90 valence electrons. The molecule has 1 unspecified atom stereocenters. The number of hydrogen-bond donors (Lipinski definition) is 1. The van der Waals surface area contributed by atoms with Crippen LogP contribution in [0, 0.1) is 3.57 Å². The molecule has 2 atom stereocenters. The van der Waals surface area contributed by atoms with Gasteiger partial charge in [0.1, 0.15) is 4.75 Å². The molecule has 1 N–H and O–H groups in total. The Labute approximate surface area is 115 Å². The van der Waals surface area contributed by atoms with E-state index in [0.717, 1.165) is 5.56 Å². The first kappa shape index (κ1) is 14.3. The van der Waals surface area contributed by atoms with Gasteiger partial charge in [-0.05, 0) is 68.0 Å². The van der Waals surface area contributed by atoms with Crippen molar-refractivity contribution in [1.82, 2.24) is 4.72 Å². The molecule has 0 aliphatic rings. The van der Waals surface area contributed by atoms with E-state index < -0.39 is 11.4 Å². The van der Waals surface area contributed by atoms with Gasteiger partial charge in [0.25, 0.3) is 0 Å². The summed E-state index contributed by atoms with van der Waals surface area (Å²) < 4.78 is 16.0. The molecule has 2 nitrogen and oxygen atoms in total. The molecule has 1 aromatic rings. The minimum Gasteiger partial charge on any atom is -0.598 e. The van der Waals surface area contributed by atoms with Crippen LogP contribution < -0.4 is 4.72 Å². The third kappa shape index (κ3) is 4.24. The van der Waals surface area contributed by atoms with Crippen LogP contribution in [0.4, 0.5) is 0 Å². The minimum absolute atomic E-state index is 0.108. The lowest BCUT2D eigenvalue weighted by molar-refractivity contribution is 0.531. The van der Waals surface area contributed by atoms with E-state index in [1.807, 2.05) is 27.7 Å². The summed E-state index contributed by atoms with van der Waals surface area (Å²) in [6.45, 7) is 7.94. The second-order valence-corrected chi connectivity index (χ2v) is 8.02. The van der Waals surface area contributed by atoms with Crippen molar-refractivity contribution in [3.05, 3.63) is 33.4 Å². The molecule has 0 saturated carbocycles. The Hall–Kier alpha value is 0.220. The highest BCUT2D eigenvalue weighted by Crippen LogP contribution is 2.20. The number of benzene rings is 1. The molecular formula is C12H18INOS. The van der Waals surface area contributed by atoms with Crippen molar-refractivity contribution < 1.29 is 4.55 Å². The van der Waals surface area contributed by atoms with Gasteiger partial charge in [-0.25, -0.2) is 0 Å². The molecule has 0 bridgehead atoms. The lowest BCUT2D eigenvalue weighted by atomic mass is 10.1. The second-order valence-electron chi connectivity index (χ2n) is 4.77. The first-order valence-corrected chi connectivity index (χ1v) is 7.47. The van der Waals surface area contributed by atoms with E-state index in [1.165, 1.54) is 3.57 Å². The van der Waals surface area contributed by atoms with Gasteiger partial charge in [0, 0.05) is 14.9 Å². The Kier molecular flexibility index (Phi) is 5.10. The monoisotopic (exact) mass is 351 g/mol. The van der Waals surface area contributed by atoms with Crippen molar-refractivity contribution in [2.45, 2.75) is 38.5 Å². The van der Waals surface area contributed by atoms with Crippen LogP contribution in [0.2, 0.25) is 0 Å². The number of nitrogens with one attached hydrogen (secondary N) is 1. The first-order valence-electron chi connectivity index (χ1n) is 5.24. The van der Waals surface area contributed by atoms with Crippen LogP contribution in [-0.4, -0.2) is 9.30 Å². The summed E-state index contributed by atoms with van der Waals surface area (Å²) in [5.41, 5.74) is 1.16. The SMILES string of the molecule is C[C@H](N[S+]([O-])C(C)(C)C)c1ccc(I)cc1. The molecule has 0 radical (unpaired) electrons. The van der Waals surface area contributed by atoms with Crippen molar-refractivity contribution in [2.24, 2.45) is 0 Å². The molecule has 0 aromatic heterocycles. The predicted octanol–water partition coefficient (Wildman–Crippen LogP) is 3.40. The van der Waals surface area contributed by atoms with Crippen molar-refractivity contribution in [1.29, 1.82) is 0 Å². The van der Waals surface area contributed by atoms with E-state index in [-0.39, 0.29) is 10.8 Å². The zero-order valence-corrected chi connectivity index (χ0v) is 13.1. The molecule has 0 aliphatic carbocycles. The topological polar surface area (TPSA) is 35.1 Å². The number of hydrogen-bond acceptors (Lipinski definition) is 2. The van der Waals surface area contributed by atoms with Crippen LogP contribution in [0.3, 0.4) is 0 Å². The average Bonchev–Trinajstić information content (AvgIpc) is 2.17. The fourth-order valence-electron chi connectivity index (χ4n) is 1.16. The summed E-state index contributed by atoms with van der Waals surface area (Å²) in [4.78, 5) is 0. The maximum atomic E-state index is 11.9. The van der Waals surface area contributed by atoms with E-state index in [4.69, 9.17) is 0 Å². The van der Waals surface area contributed by atoms with E-state index in [9.17, 15) is 4.55 Å². The maximum Gasteiger partial charge on any atom is 0.136 e. The molecule has 4 heteroatoms. The van der Waals surface area contributed by atoms with Crippen LogP contribution in [0.5, 0.6) is 0 Å². The Morgan fingerprint density at radius 3 is 2.19 bits per heavy atom. The second kappa shape index (κ2) is 5.71. The van der Waals surface area contributed by atoms with Crippen LogP contribution in [0.1, 0.15) is 39.3 Å². The molecule has 1 rings (SSSR count). The summed E-state index contributed by atoms with van der Waals surface area (Å²) in [6, 6.07) is 8.37. The fourth-order valence-corrected chi connectivity index (χ4v) is 2.33. The van der Waals surface area contributed by atoms with E-state index in [2.05, 4.69) is 51.6 Å². The van der Waals surface area contributed by atoms with Crippen molar-refractivity contribution in [3.63, 3.8) is 0 Å². The molecule has 16 heavy (non-hydrogen) atoms. The van der Waals surface area contributed by atoms with Crippen LogP contribution in [-0.2, 0) is 11.4 Å². The molecule has 0 amide bonds. The van der Waals surface area contributed by atoms with E-state index in [1.54, 1.807) is 0 Å². The highest BCUT2D eigenvalue weighted by atomic mass is 127. The van der Waals surface area contributed by atoms with E-state index in [0.29, 0.717) is 0 Å². The third-order valence-corrected chi connectivity index (χ3v) is 4.61. The zero-order chi connectivity index (χ0) is 12.3. The Bertz CT molecular complexity index is 334. The van der Waals surface area contributed by atoms with Crippen LogP contribution in [0.25, 0.3) is 0 Å². The first-order chi connectivity index (χ1) is 7.30. The molecular weight excluding hydrogens is 333 g/mol. The number of rotatable bonds is 3. The zero-order valence-electron chi connectivity index (χ0n) is 10.1. The third-order valence-electron chi connectivity index (χ3n) is 2.21. The standard InChI is InChI=1S/C12H18INOS/c1-9(14-16(15)12(2,3)4)10-5-7-11(13)8-6-10/h5-9,14H,1-4H3/t9-,16?/m0/s1. The maximum absolute atomic E-state index is 11.9. The Morgan fingerprint density at radius 1 is 1.25 bits per heavy atom. The lowest BCUT2D eigenvalue weighted by Gasteiger charge is -2.26. The van der Waals surface area contributed by atoms with Gasteiger partial charge in [0.2, 0.25) is 0 Å². The van der Waals surface area contributed by atoms with Gasteiger partial charge in [0.05, 0.1) is 6.04 Å². The molecule has 0 fully saturated rings. The molecule has 0 aliphatic heterocycles. The van der Waals surface area contributed by atoms with Gasteiger partial charge in [-0.2, -0.15) is 0 Å². The predicted molar refractivity (Wildman–Crippen MR) is 78.6 cm³/mol. The van der Waals surface area contributed by atoms with Crippen LogP contribution >= 0.6 is 22.6 Å². The normalized spacial score (nSPS) is 15.9. The summed E-state index contributed by atoms with van der Waals surface area (Å²) in [5, 5.41) is 0. The van der Waals surface area contributed by atoms with Crippen LogP contribution in [0.15, 0.2) is 24.3 Å². The average molecular weight is 351 g/mol. The van der Waals surface area contributed by atoms with E-state index >= 15 is 0 Å². The minimum atomic E-state index is -1.03. The highest BCUT2D eigenvalue weighted by molar-refractivity contribution is 14.1. The van der Waals surface area contributed by atoms with Gasteiger partial charge in [-0.1, -0.05) is 12.1 Å². The molecule has 0 spiro atoms. The van der Waals surface area contributed by atoms with Crippen molar-refractivity contribution in [2.75, 3.05) is 0 Å². The smallest absolute Gasteiger partial charge is 0.136 e. The summed E-state index contributed by atoms with van der Waals surface area (Å²) >= 11 is 1.25. The molecule has 1 aromatic carbocycles. The summed E-state index contributed by atoms with van der Waals surface area (Å²) in [5.74, 6) is 0. The molecule has 0 heterocycles. The van der Waals surface area contributed by atoms with Gasteiger partial charge < -0.3 is 4.55 Å². The van der Waals surface area contributed by atoms with Gasteiger partial charge >= 0.3 is 0 Å². The fraction of sp³-hybridized carbons (Fsp3) is 0.500. The quantitative estimate of drug-likeness (QED) is 0.669. The Morgan fingerprint density at radius 2 is 1.75 bits per heavy atom. The Balaban J connectivity index is 2.65. The van der Waals surface area contributed by atoms with Crippen molar-refractivity contribution >= 4 is 34.0 Å². The summed E-state index contributed by atoms with van der Waals surface area (Å²) in [6.07, 6.45) is 0. The van der Waals surface area contributed by atoms with Crippen molar-refractivity contribution in [3.8, 4) is 0 Å².